The smallest absolute Gasteiger partial charge is 0.218 e. The number of rotatable bonds is 3. The Bertz CT molecular complexity index is 348. The fraction of sp³-hybridized carbons (Fsp3) is 0.636. The first kappa shape index (κ1) is 11.6. The molecule has 1 aliphatic rings. The zero-order valence-electron chi connectivity index (χ0n) is 9.40. The summed E-state index contributed by atoms with van der Waals surface area (Å²) in [5.41, 5.74) is 0. The van der Waals surface area contributed by atoms with Crippen LogP contribution in [0.4, 0.5) is 5.82 Å². The summed E-state index contributed by atoms with van der Waals surface area (Å²) >= 11 is 3.66. The van der Waals surface area contributed by atoms with Crippen molar-refractivity contribution in [2.24, 2.45) is 0 Å². The molecule has 1 fully saturated rings. The van der Waals surface area contributed by atoms with Gasteiger partial charge in [-0.05, 0) is 19.8 Å². The van der Waals surface area contributed by atoms with Crippen LogP contribution in [0.5, 0.6) is 5.88 Å². The van der Waals surface area contributed by atoms with Gasteiger partial charge in [0.25, 0.3) is 0 Å². The van der Waals surface area contributed by atoms with E-state index in [-0.39, 0.29) is 0 Å². The molecule has 0 bridgehead atoms. The van der Waals surface area contributed by atoms with Gasteiger partial charge >= 0.3 is 0 Å². The van der Waals surface area contributed by atoms with Gasteiger partial charge in [0.2, 0.25) is 5.88 Å². The molecule has 1 saturated heterocycles. The van der Waals surface area contributed by atoms with Crippen LogP contribution in [0.15, 0.2) is 12.4 Å². The topological polar surface area (TPSA) is 38.2 Å². The predicted octanol–water partition coefficient (Wildman–Crippen LogP) is 2.24. The average molecular weight is 286 g/mol. The third kappa shape index (κ3) is 2.84. The van der Waals surface area contributed by atoms with Gasteiger partial charge in [-0.25, -0.2) is 9.97 Å². The summed E-state index contributed by atoms with van der Waals surface area (Å²) in [5.74, 6) is 1.62. The molecular weight excluding hydrogens is 270 g/mol. The maximum Gasteiger partial charge on any atom is 0.218 e. The van der Waals surface area contributed by atoms with Crippen LogP contribution < -0.4 is 9.64 Å². The molecule has 1 unspecified atom stereocenters. The van der Waals surface area contributed by atoms with Crippen LogP contribution in [-0.2, 0) is 0 Å². The molecule has 1 aromatic rings. The van der Waals surface area contributed by atoms with Crippen LogP contribution in [0.3, 0.4) is 0 Å². The standard InChI is InChI=1S/C11H16BrN3O/c1-2-16-11-6-10(13-8-14-11)15-5-3-4-9(12)7-15/h6,8-9H,2-5,7H2,1H3. The highest BCUT2D eigenvalue weighted by molar-refractivity contribution is 9.09. The highest BCUT2D eigenvalue weighted by Gasteiger charge is 2.19. The Hall–Kier alpha value is -0.840. The molecule has 16 heavy (non-hydrogen) atoms. The third-order valence-electron chi connectivity index (χ3n) is 2.61. The first-order valence-electron chi connectivity index (χ1n) is 5.63. The van der Waals surface area contributed by atoms with E-state index in [4.69, 9.17) is 4.74 Å². The maximum atomic E-state index is 5.37. The van der Waals surface area contributed by atoms with Gasteiger partial charge < -0.3 is 9.64 Å². The Morgan fingerprint density at radius 2 is 2.44 bits per heavy atom. The molecule has 0 radical (unpaired) electrons. The lowest BCUT2D eigenvalue weighted by Crippen LogP contribution is -2.36. The van der Waals surface area contributed by atoms with Crippen molar-refractivity contribution in [3.63, 3.8) is 0 Å². The molecule has 4 nitrogen and oxygen atoms in total. The summed E-state index contributed by atoms with van der Waals surface area (Å²) in [7, 11) is 0. The molecule has 5 heteroatoms. The Labute approximate surface area is 104 Å². The Morgan fingerprint density at radius 1 is 1.56 bits per heavy atom. The van der Waals surface area contributed by atoms with Gasteiger partial charge in [-0.3, -0.25) is 0 Å². The lowest BCUT2D eigenvalue weighted by atomic mass is 10.1. The minimum absolute atomic E-state index is 0.562. The number of ether oxygens (including phenoxy) is 1. The number of piperidine rings is 1. The van der Waals surface area contributed by atoms with Crippen molar-refractivity contribution in [1.29, 1.82) is 0 Å². The van der Waals surface area contributed by atoms with Crippen LogP contribution in [0, 0.1) is 0 Å². The van der Waals surface area contributed by atoms with Crippen LogP contribution in [-0.4, -0.2) is 34.5 Å². The summed E-state index contributed by atoms with van der Waals surface area (Å²) < 4.78 is 5.37. The minimum atomic E-state index is 0.562. The van der Waals surface area contributed by atoms with Crippen molar-refractivity contribution in [3.8, 4) is 5.88 Å². The lowest BCUT2D eigenvalue weighted by molar-refractivity contribution is 0.326. The molecule has 2 heterocycles. The van der Waals surface area contributed by atoms with E-state index in [0.29, 0.717) is 17.3 Å². The molecule has 1 atom stereocenters. The molecule has 0 aromatic carbocycles. The molecular formula is C11H16BrN3O. The number of alkyl halides is 1. The summed E-state index contributed by atoms with van der Waals surface area (Å²) in [6.45, 7) is 4.65. The minimum Gasteiger partial charge on any atom is -0.478 e. The normalized spacial score (nSPS) is 20.9. The van der Waals surface area contributed by atoms with E-state index in [1.165, 1.54) is 12.8 Å². The number of hydrogen-bond acceptors (Lipinski definition) is 4. The lowest BCUT2D eigenvalue weighted by Gasteiger charge is -2.30. The molecule has 0 amide bonds. The zero-order valence-corrected chi connectivity index (χ0v) is 11.0. The second-order valence-electron chi connectivity index (χ2n) is 3.83. The van der Waals surface area contributed by atoms with Gasteiger partial charge in [0, 0.05) is 24.0 Å². The number of anilines is 1. The monoisotopic (exact) mass is 285 g/mol. The molecule has 0 N–H and O–H groups in total. The Kier molecular flexibility index (Phi) is 3.98. The number of nitrogens with zero attached hydrogens (tertiary/aromatic N) is 3. The van der Waals surface area contributed by atoms with Crippen molar-refractivity contribution in [2.45, 2.75) is 24.6 Å². The third-order valence-corrected chi connectivity index (χ3v) is 3.36. The summed E-state index contributed by atoms with van der Waals surface area (Å²) in [5, 5.41) is 0. The van der Waals surface area contributed by atoms with E-state index in [1.807, 2.05) is 13.0 Å². The van der Waals surface area contributed by atoms with Crippen LogP contribution in [0.1, 0.15) is 19.8 Å². The van der Waals surface area contributed by atoms with Crippen molar-refractivity contribution in [2.75, 3.05) is 24.6 Å². The van der Waals surface area contributed by atoms with Crippen molar-refractivity contribution in [1.82, 2.24) is 9.97 Å². The molecule has 2 rings (SSSR count). The number of hydrogen-bond donors (Lipinski definition) is 0. The van der Waals surface area contributed by atoms with Crippen LogP contribution in [0.25, 0.3) is 0 Å². The van der Waals surface area contributed by atoms with Gasteiger partial charge in [-0.1, -0.05) is 15.9 Å². The van der Waals surface area contributed by atoms with Gasteiger partial charge in [0.1, 0.15) is 12.1 Å². The maximum absolute atomic E-state index is 5.37. The molecule has 0 aliphatic carbocycles. The molecule has 88 valence electrons. The largest absolute Gasteiger partial charge is 0.478 e. The quantitative estimate of drug-likeness (QED) is 0.799. The molecule has 1 aliphatic heterocycles. The van der Waals surface area contributed by atoms with Gasteiger partial charge in [-0.15, -0.1) is 0 Å². The van der Waals surface area contributed by atoms with Crippen LogP contribution >= 0.6 is 15.9 Å². The fourth-order valence-corrected chi connectivity index (χ4v) is 2.54. The fourth-order valence-electron chi connectivity index (χ4n) is 1.86. The highest BCUT2D eigenvalue weighted by Crippen LogP contribution is 2.23. The summed E-state index contributed by atoms with van der Waals surface area (Å²) in [6.07, 6.45) is 4.00. The average Bonchev–Trinajstić information content (AvgIpc) is 2.30. The van der Waals surface area contributed by atoms with Crippen LogP contribution in [0.2, 0.25) is 0 Å². The second-order valence-corrected chi connectivity index (χ2v) is 5.13. The van der Waals surface area contributed by atoms with Crippen molar-refractivity contribution < 1.29 is 4.74 Å². The van der Waals surface area contributed by atoms with E-state index in [1.54, 1.807) is 6.33 Å². The van der Waals surface area contributed by atoms with Gasteiger partial charge in [-0.2, -0.15) is 0 Å². The van der Waals surface area contributed by atoms with E-state index in [2.05, 4.69) is 30.8 Å². The molecule has 0 saturated carbocycles. The van der Waals surface area contributed by atoms with Crippen molar-refractivity contribution >= 4 is 21.7 Å². The number of halogens is 1. The van der Waals surface area contributed by atoms with Gasteiger partial charge in [0.05, 0.1) is 6.61 Å². The zero-order chi connectivity index (χ0) is 11.4. The summed E-state index contributed by atoms with van der Waals surface area (Å²) in [6, 6.07) is 1.91. The molecule has 1 aromatic heterocycles. The van der Waals surface area contributed by atoms with Crippen molar-refractivity contribution in [3.05, 3.63) is 12.4 Å². The molecule has 0 spiro atoms. The predicted molar refractivity (Wildman–Crippen MR) is 67.4 cm³/mol. The van der Waals surface area contributed by atoms with E-state index < -0.39 is 0 Å². The Balaban J connectivity index is 2.09. The van der Waals surface area contributed by atoms with E-state index >= 15 is 0 Å². The highest BCUT2D eigenvalue weighted by atomic mass is 79.9. The van der Waals surface area contributed by atoms with E-state index in [0.717, 1.165) is 18.9 Å². The number of aromatic nitrogens is 2. The summed E-state index contributed by atoms with van der Waals surface area (Å²) in [4.78, 5) is 11.2. The first-order chi connectivity index (χ1) is 7.79. The second kappa shape index (κ2) is 5.48. The van der Waals surface area contributed by atoms with E-state index in [9.17, 15) is 0 Å². The van der Waals surface area contributed by atoms with Gasteiger partial charge in [0.15, 0.2) is 0 Å². The first-order valence-corrected chi connectivity index (χ1v) is 6.55. The SMILES string of the molecule is CCOc1cc(N2CCCC(Br)C2)ncn1. The Morgan fingerprint density at radius 3 is 3.19 bits per heavy atom.